The summed E-state index contributed by atoms with van der Waals surface area (Å²) in [5.41, 5.74) is 2.49. The van der Waals surface area contributed by atoms with Crippen molar-refractivity contribution in [3.63, 3.8) is 0 Å². The number of hydrogen-bond acceptors (Lipinski definition) is 4. The van der Waals surface area contributed by atoms with Crippen LogP contribution in [0.2, 0.25) is 0 Å². The molecule has 1 saturated heterocycles. The lowest BCUT2D eigenvalue weighted by Crippen LogP contribution is -2.30. The number of fused-ring (bicyclic) bond motifs is 1. The average Bonchev–Trinajstić information content (AvgIpc) is 2.97. The maximum atomic E-state index is 12.2. The third-order valence-corrected chi connectivity index (χ3v) is 5.85. The predicted octanol–water partition coefficient (Wildman–Crippen LogP) is 3.74. The van der Waals surface area contributed by atoms with E-state index in [2.05, 4.69) is 36.1 Å². The molecule has 1 aliphatic heterocycles. The molecule has 1 saturated carbocycles. The Kier molecular flexibility index (Phi) is 3.74. The fraction of sp³-hybridized carbons (Fsp3) is 0.421. The van der Waals surface area contributed by atoms with Crippen LogP contribution in [0.1, 0.15) is 34.1 Å². The summed E-state index contributed by atoms with van der Waals surface area (Å²) in [5, 5.41) is 1.92. The summed E-state index contributed by atoms with van der Waals surface area (Å²) in [6.07, 6.45) is 2.10. The minimum atomic E-state index is -0.218. The molecule has 0 amide bonds. The molecule has 3 nitrogen and oxygen atoms in total. The molecule has 2 heterocycles. The first-order valence-electron chi connectivity index (χ1n) is 8.25. The Morgan fingerprint density at radius 3 is 2.78 bits per heavy atom. The summed E-state index contributed by atoms with van der Waals surface area (Å²) in [6.45, 7) is 5.02. The van der Waals surface area contributed by atoms with Gasteiger partial charge in [-0.3, -0.25) is 4.90 Å². The molecule has 0 N–H and O–H groups in total. The number of hydrogen-bond donors (Lipinski definition) is 0. The zero-order valence-electron chi connectivity index (χ0n) is 13.3. The lowest BCUT2D eigenvalue weighted by molar-refractivity contribution is 0.0195. The van der Waals surface area contributed by atoms with Gasteiger partial charge in [-0.15, -0.1) is 11.3 Å². The second-order valence-corrected chi connectivity index (χ2v) is 7.62. The van der Waals surface area contributed by atoms with Crippen molar-refractivity contribution in [3.05, 3.63) is 57.8 Å². The highest BCUT2D eigenvalue weighted by Crippen LogP contribution is 2.53. The van der Waals surface area contributed by atoms with Gasteiger partial charge in [0.15, 0.2) is 0 Å². The Balaban J connectivity index is 1.36. The van der Waals surface area contributed by atoms with E-state index >= 15 is 0 Å². The van der Waals surface area contributed by atoms with Gasteiger partial charge in [-0.05, 0) is 35.4 Å². The van der Waals surface area contributed by atoms with E-state index in [9.17, 15) is 4.79 Å². The first-order chi connectivity index (χ1) is 11.2. The number of carbonyl (C=O) groups is 1. The van der Waals surface area contributed by atoms with Gasteiger partial charge in [-0.25, -0.2) is 4.79 Å². The second kappa shape index (κ2) is 5.77. The molecule has 2 unspecified atom stereocenters. The number of carbonyl (C=O) groups excluding carboxylic acids is 1. The molecule has 2 aromatic rings. The molecule has 4 heteroatoms. The number of thiophene rings is 1. The van der Waals surface area contributed by atoms with Gasteiger partial charge >= 0.3 is 5.97 Å². The van der Waals surface area contributed by atoms with E-state index in [0.29, 0.717) is 10.8 Å². The summed E-state index contributed by atoms with van der Waals surface area (Å²) >= 11 is 1.45. The van der Waals surface area contributed by atoms with Crippen molar-refractivity contribution < 1.29 is 9.53 Å². The van der Waals surface area contributed by atoms with Gasteiger partial charge < -0.3 is 4.74 Å². The summed E-state index contributed by atoms with van der Waals surface area (Å²) in [7, 11) is 0. The first kappa shape index (κ1) is 14.9. The number of nitrogens with zero attached hydrogens (tertiary/aromatic N) is 1. The van der Waals surface area contributed by atoms with Crippen LogP contribution in [0.3, 0.4) is 0 Å². The van der Waals surface area contributed by atoms with Crippen LogP contribution in [-0.4, -0.2) is 29.6 Å². The van der Waals surface area contributed by atoms with Crippen molar-refractivity contribution in [2.75, 3.05) is 13.1 Å². The van der Waals surface area contributed by atoms with E-state index in [1.807, 2.05) is 17.5 Å². The van der Waals surface area contributed by atoms with E-state index in [1.54, 1.807) is 0 Å². The number of esters is 1. The van der Waals surface area contributed by atoms with Crippen molar-refractivity contribution in [3.8, 4) is 0 Å². The number of rotatable bonds is 5. The molecular formula is C19H21NO2S. The summed E-state index contributed by atoms with van der Waals surface area (Å²) in [4.78, 5) is 15.3. The minimum absolute atomic E-state index is 0.156. The lowest BCUT2D eigenvalue weighted by atomic mass is 10.1. The number of likely N-dealkylation sites (tertiary alicyclic amines) is 1. The van der Waals surface area contributed by atoms with Crippen LogP contribution in [-0.2, 0) is 17.7 Å². The van der Waals surface area contributed by atoms with Crippen LogP contribution in [0.5, 0.6) is 0 Å². The molecule has 4 rings (SSSR count). The third-order valence-electron chi connectivity index (χ3n) is 5.00. The highest BCUT2D eigenvalue weighted by Gasteiger charge is 2.63. The maximum absolute atomic E-state index is 12.2. The summed E-state index contributed by atoms with van der Waals surface area (Å²) in [5.74, 6) is 0.359. The summed E-state index contributed by atoms with van der Waals surface area (Å²) < 4.78 is 5.85. The largest absolute Gasteiger partial charge is 0.453 e. The van der Waals surface area contributed by atoms with E-state index < -0.39 is 0 Å². The van der Waals surface area contributed by atoms with Gasteiger partial charge in [0.2, 0.25) is 0 Å². The van der Waals surface area contributed by atoms with Gasteiger partial charge in [0, 0.05) is 25.6 Å². The van der Waals surface area contributed by atoms with Crippen molar-refractivity contribution in [1.82, 2.24) is 4.90 Å². The number of benzene rings is 1. The van der Waals surface area contributed by atoms with Crippen LogP contribution in [0.4, 0.5) is 0 Å². The van der Waals surface area contributed by atoms with Gasteiger partial charge in [-0.1, -0.05) is 37.3 Å². The zero-order valence-corrected chi connectivity index (χ0v) is 14.1. The van der Waals surface area contributed by atoms with Gasteiger partial charge in [-0.2, -0.15) is 0 Å². The van der Waals surface area contributed by atoms with Crippen LogP contribution in [0.15, 0.2) is 41.8 Å². The van der Waals surface area contributed by atoms with Crippen molar-refractivity contribution in [2.24, 2.45) is 5.92 Å². The van der Waals surface area contributed by atoms with E-state index in [-0.39, 0.29) is 11.6 Å². The molecular weight excluding hydrogens is 306 g/mol. The highest BCUT2D eigenvalue weighted by molar-refractivity contribution is 7.11. The van der Waals surface area contributed by atoms with Crippen LogP contribution in [0.25, 0.3) is 0 Å². The molecule has 2 atom stereocenters. The topological polar surface area (TPSA) is 29.5 Å². The highest BCUT2D eigenvalue weighted by atomic mass is 32.1. The SMILES string of the molecule is CCc1ccc(CN2CC3CC3(OC(=O)c3cccs3)C2)cc1. The summed E-state index contributed by atoms with van der Waals surface area (Å²) in [6, 6.07) is 12.6. The van der Waals surface area contributed by atoms with Gasteiger partial charge in [0.05, 0.1) is 0 Å². The average molecular weight is 327 g/mol. The molecule has 120 valence electrons. The number of aryl methyl sites for hydroxylation is 1. The van der Waals surface area contributed by atoms with Crippen molar-refractivity contribution >= 4 is 17.3 Å². The quantitative estimate of drug-likeness (QED) is 0.784. The van der Waals surface area contributed by atoms with E-state index in [0.717, 1.165) is 32.5 Å². The maximum Gasteiger partial charge on any atom is 0.348 e. The minimum Gasteiger partial charge on any atom is -0.453 e. The Hall–Kier alpha value is -1.65. The van der Waals surface area contributed by atoms with Crippen molar-refractivity contribution in [2.45, 2.75) is 31.9 Å². The van der Waals surface area contributed by atoms with Gasteiger partial charge in [0.1, 0.15) is 10.5 Å². The monoisotopic (exact) mass is 327 g/mol. The fourth-order valence-corrected chi connectivity index (χ4v) is 4.18. The molecule has 1 aromatic carbocycles. The second-order valence-electron chi connectivity index (χ2n) is 6.67. The molecule has 0 radical (unpaired) electrons. The van der Waals surface area contributed by atoms with Crippen molar-refractivity contribution in [1.29, 1.82) is 0 Å². The number of ether oxygens (including phenoxy) is 1. The molecule has 0 spiro atoms. The molecule has 2 aliphatic rings. The Morgan fingerprint density at radius 2 is 2.09 bits per heavy atom. The zero-order chi connectivity index (χ0) is 15.9. The first-order valence-corrected chi connectivity index (χ1v) is 9.13. The van der Waals surface area contributed by atoms with Crippen LogP contribution < -0.4 is 0 Å². The van der Waals surface area contributed by atoms with Gasteiger partial charge in [0.25, 0.3) is 0 Å². The standard InChI is InChI=1S/C19H21NO2S/c1-2-14-5-7-15(8-6-14)11-20-12-16-10-19(16,13-20)22-18(21)17-4-3-9-23-17/h3-9,16H,2,10-13H2,1H3. The number of piperidine rings is 1. The molecule has 1 aromatic heterocycles. The third kappa shape index (κ3) is 2.93. The Labute approximate surface area is 140 Å². The normalized spacial score (nSPS) is 26.0. The smallest absolute Gasteiger partial charge is 0.348 e. The molecule has 0 bridgehead atoms. The fourth-order valence-electron chi connectivity index (χ4n) is 3.58. The Morgan fingerprint density at radius 1 is 1.30 bits per heavy atom. The van der Waals surface area contributed by atoms with Crippen LogP contribution >= 0.6 is 11.3 Å². The van der Waals surface area contributed by atoms with E-state index in [1.165, 1.54) is 22.5 Å². The Bertz CT molecular complexity index is 695. The molecule has 1 aliphatic carbocycles. The van der Waals surface area contributed by atoms with Crippen LogP contribution in [0, 0.1) is 5.92 Å². The predicted molar refractivity (Wildman–Crippen MR) is 91.7 cm³/mol. The molecule has 2 fully saturated rings. The van der Waals surface area contributed by atoms with E-state index in [4.69, 9.17) is 4.74 Å². The molecule has 23 heavy (non-hydrogen) atoms. The lowest BCUT2D eigenvalue weighted by Gasteiger charge is -2.21.